The van der Waals surface area contributed by atoms with Gasteiger partial charge in [-0.2, -0.15) is 0 Å². The van der Waals surface area contributed by atoms with Crippen LogP contribution in [0.3, 0.4) is 0 Å². The molecule has 1 N–H and O–H groups in total. The van der Waals surface area contributed by atoms with Crippen LogP contribution >= 0.6 is 0 Å². The van der Waals surface area contributed by atoms with Gasteiger partial charge in [-0.05, 0) is 31.2 Å². The molecule has 0 aromatic rings. The topological polar surface area (TPSA) is 21.3 Å². The van der Waals surface area contributed by atoms with Crippen LogP contribution in [0, 0.1) is 11.8 Å². The second-order valence-electron chi connectivity index (χ2n) is 4.78. The van der Waals surface area contributed by atoms with E-state index in [1.54, 1.807) is 0 Å². The summed E-state index contributed by atoms with van der Waals surface area (Å²) in [5, 5.41) is 3.42. The maximum absolute atomic E-state index is 5.50. The maximum Gasteiger partial charge on any atom is 0.0590 e. The molecule has 0 unspecified atom stereocenters. The summed E-state index contributed by atoms with van der Waals surface area (Å²) in [7, 11) is 0. The summed E-state index contributed by atoms with van der Waals surface area (Å²) in [4.78, 5) is 0. The standard InChI is InChI=1S/C12H25NO/c1-11(2)6-9-14-10-8-13-7-5-12-3-4-12/h11-13H,3-10H2,1-2H3. The highest BCUT2D eigenvalue weighted by Gasteiger charge is 2.19. The quantitative estimate of drug-likeness (QED) is 0.576. The lowest BCUT2D eigenvalue weighted by molar-refractivity contribution is 0.125. The van der Waals surface area contributed by atoms with Crippen molar-refractivity contribution >= 4 is 0 Å². The smallest absolute Gasteiger partial charge is 0.0590 e. The van der Waals surface area contributed by atoms with Gasteiger partial charge < -0.3 is 10.1 Å². The van der Waals surface area contributed by atoms with Crippen LogP contribution < -0.4 is 5.32 Å². The molecule has 1 saturated carbocycles. The molecular formula is C12H25NO. The van der Waals surface area contributed by atoms with Crippen molar-refractivity contribution in [3.05, 3.63) is 0 Å². The van der Waals surface area contributed by atoms with Crippen molar-refractivity contribution in [1.29, 1.82) is 0 Å². The van der Waals surface area contributed by atoms with Crippen LogP contribution in [0.4, 0.5) is 0 Å². The zero-order valence-corrected chi connectivity index (χ0v) is 9.72. The Hall–Kier alpha value is -0.0800. The van der Waals surface area contributed by atoms with E-state index in [1.165, 1.54) is 32.2 Å². The van der Waals surface area contributed by atoms with Crippen LogP contribution in [0.1, 0.15) is 39.5 Å². The number of hydrogen-bond donors (Lipinski definition) is 1. The molecule has 1 fully saturated rings. The van der Waals surface area contributed by atoms with Crippen LogP contribution in [-0.4, -0.2) is 26.3 Å². The molecule has 0 heterocycles. The minimum atomic E-state index is 0.762. The van der Waals surface area contributed by atoms with Crippen molar-refractivity contribution in [2.75, 3.05) is 26.3 Å². The maximum atomic E-state index is 5.50. The Labute approximate surface area is 88.4 Å². The highest BCUT2D eigenvalue weighted by molar-refractivity contribution is 4.73. The zero-order valence-electron chi connectivity index (χ0n) is 9.72. The summed E-state index contributed by atoms with van der Waals surface area (Å²) in [5.74, 6) is 1.81. The molecule has 0 atom stereocenters. The van der Waals surface area contributed by atoms with Crippen molar-refractivity contribution in [1.82, 2.24) is 5.32 Å². The molecule has 0 saturated heterocycles. The van der Waals surface area contributed by atoms with Gasteiger partial charge in [-0.3, -0.25) is 0 Å². The Bertz CT molecular complexity index is 124. The van der Waals surface area contributed by atoms with Crippen molar-refractivity contribution < 1.29 is 4.74 Å². The van der Waals surface area contributed by atoms with Gasteiger partial charge in [0.2, 0.25) is 0 Å². The molecule has 2 heteroatoms. The molecule has 0 aromatic carbocycles. The minimum Gasteiger partial charge on any atom is -0.380 e. The van der Waals surface area contributed by atoms with E-state index in [4.69, 9.17) is 4.74 Å². The van der Waals surface area contributed by atoms with Crippen molar-refractivity contribution in [3.8, 4) is 0 Å². The molecule has 14 heavy (non-hydrogen) atoms. The average molecular weight is 199 g/mol. The first-order chi connectivity index (χ1) is 6.79. The molecule has 0 aromatic heterocycles. The predicted octanol–water partition coefficient (Wildman–Crippen LogP) is 2.44. The minimum absolute atomic E-state index is 0.762. The summed E-state index contributed by atoms with van der Waals surface area (Å²) in [6, 6.07) is 0. The summed E-state index contributed by atoms with van der Waals surface area (Å²) in [5.41, 5.74) is 0. The van der Waals surface area contributed by atoms with Crippen molar-refractivity contribution in [2.24, 2.45) is 11.8 Å². The van der Waals surface area contributed by atoms with E-state index in [-0.39, 0.29) is 0 Å². The second kappa shape index (κ2) is 7.24. The second-order valence-corrected chi connectivity index (χ2v) is 4.78. The molecule has 0 spiro atoms. The summed E-state index contributed by atoms with van der Waals surface area (Å²) in [6.07, 6.45) is 5.48. The Kier molecular flexibility index (Phi) is 6.20. The molecule has 0 aliphatic heterocycles. The van der Waals surface area contributed by atoms with E-state index in [1.807, 2.05) is 0 Å². The van der Waals surface area contributed by atoms with E-state index in [9.17, 15) is 0 Å². The predicted molar refractivity (Wildman–Crippen MR) is 60.5 cm³/mol. The third-order valence-corrected chi connectivity index (χ3v) is 2.69. The third kappa shape index (κ3) is 7.34. The number of ether oxygens (including phenoxy) is 1. The lowest BCUT2D eigenvalue weighted by atomic mass is 10.1. The van der Waals surface area contributed by atoms with Crippen LogP contribution in [0.25, 0.3) is 0 Å². The van der Waals surface area contributed by atoms with Crippen LogP contribution in [0.5, 0.6) is 0 Å². The van der Waals surface area contributed by atoms with E-state index in [0.717, 1.165) is 31.6 Å². The molecule has 0 bridgehead atoms. The number of rotatable bonds is 9. The van der Waals surface area contributed by atoms with Gasteiger partial charge in [0.15, 0.2) is 0 Å². The Morgan fingerprint density at radius 2 is 2.00 bits per heavy atom. The van der Waals surface area contributed by atoms with E-state index >= 15 is 0 Å². The molecule has 84 valence electrons. The number of nitrogens with one attached hydrogen (secondary N) is 1. The van der Waals surface area contributed by atoms with Gasteiger partial charge >= 0.3 is 0 Å². The average Bonchev–Trinajstić information content (AvgIpc) is 2.92. The molecule has 1 rings (SSSR count). The molecule has 0 radical (unpaired) electrons. The molecule has 1 aliphatic carbocycles. The number of hydrogen-bond acceptors (Lipinski definition) is 2. The highest BCUT2D eigenvalue weighted by Crippen LogP contribution is 2.31. The fraction of sp³-hybridized carbons (Fsp3) is 1.00. The first-order valence-electron chi connectivity index (χ1n) is 6.07. The highest BCUT2D eigenvalue weighted by atomic mass is 16.5. The largest absolute Gasteiger partial charge is 0.380 e. The normalized spacial score (nSPS) is 16.5. The van der Waals surface area contributed by atoms with E-state index in [2.05, 4.69) is 19.2 Å². The van der Waals surface area contributed by atoms with Gasteiger partial charge in [0.25, 0.3) is 0 Å². The Morgan fingerprint density at radius 3 is 2.64 bits per heavy atom. The molecule has 2 nitrogen and oxygen atoms in total. The van der Waals surface area contributed by atoms with Crippen LogP contribution in [0.15, 0.2) is 0 Å². The van der Waals surface area contributed by atoms with E-state index < -0.39 is 0 Å². The SMILES string of the molecule is CC(C)CCOCCNCCC1CC1. The van der Waals surface area contributed by atoms with Crippen LogP contribution in [-0.2, 0) is 4.74 Å². The van der Waals surface area contributed by atoms with Gasteiger partial charge in [-0.25, -0.2) is 0 Å². The first kappa shape index (κ1) is 12.0. The summed E-state index contributed by atoms with van der Waals surface area (Å²) >= 11 is 0. The summed E-state index contributed by atoms with van der Waals surface area (Å²) in [6.45, 7) is 8.46. The third-order valence-electron chi connectivity index (χ3n) is 2.69. The molecule has 0 amide bonds. The lowest BCUT2D eigenvalue weighted by Crippen LogP contribution is -2.21. The van der Waals surface area contributed by atoms with E-state index in [0.29, 0.717) is 0 Å². The van der Waals surface area contributed by atoms with Gasteiger partial charge in [-0.1, -0.05) is 26.7 Å². The van der Waals surface area contributed by atoms with Crippen molar-refractivity contribution in [3.63, 3.8) is 0 Å². The summed E-state index contributed by atoms with van der Waals surface area (Å²) < 4.78 is 5.50. The molecular weight excluding hydrogens is 174 g/mol. The fourth-order valence-electron chi connectivity index (χ4n) is 1.40. The van der Waals surface area contributed by atoms with Gasteiger partial charge in [0.05, 0.1) is 6.61 Å². The molecule has 1 aliphatic rings. The monoisotopic (exact) mass is 199 g/mol. The Balaban J connectivity index is 1.66. The van der Waals surface area contributed by atoms with Gasteiger partial charge in [0, 0.05) is 13.2 Å². The first-order valence-corrected chi connectivity index (χ1v) is 6.07. The lowest BCUT2D eigenvalue weighted by Gasteiger charge is -2.07. The zero-order chi connectivity index (χ0) is 10.2. The fourth-order valence-corrected chi connectivity index (χ4v) is 1.40. The van der Waals surface area contributed by atoms with Crippen molar-refractivity contribution in [2.45, 2.75) is 39.5 Å². The van der Waals surface area contributed by atoms with Gasteiger partial charge in [0.1, 0.15) is 0 Å². The van der Waals surface area contributed by atoms with Gasteiger partial charge in [-0.15, -0.1) is 0 Å². The van der Waals surface area contributed by atoms with Crippen LogP contribution in [0.2, 0.25) is 0 Å². The Morgan fingerprint density at radius 1 is 1.21 bits per heavy atom.